The maximum atomic E-state index is 13.7. The summed E-state index contributed by atoms with van der Waals surface area (Å²) in [5, 5.41) is 24.4. The largest absolute Gasteiger partial charge is 0.508 e. The van der Waals surface area contributed by atoms with E-state index >= 15 is 0 Å². The lowest BCUT2D eigenvalue weighted by atomic mass is 9.95. The first-order valence-electron chi connectivity index (χ1n) is 16.6. The van der Waals surface area contributed by atoms with Crippen LogP contribution < -0.4 is 22.1 Å². The molecule has 0 saturated heterocycles. The molecule has 0 aliphatic rings. The van der Waals surface area contributed by atoms with Gasteiger partial charge in [-0.1, -0.05) is 43.2 Å². The molecule has 2 aromatic carbocycles. The molecule has 0 radical (unpaired) electrons. The van der Waals surface area contributed by atoms with Crippen molar-refractivity contribution >= 4 is 34.4 Å². The Morgan fingerprint density at radius 3 is 2.20 bits per heavy atom. The van der Waals surface area contributed by atoms with Crippen LogP contribution in [0.4, 0.5) is 0 Å². The van der Waals surface area contributed by atoms with Crippen molar-refractivity contribution in [3.8, 4) is 5.75 Å². The Kier molecular flexibility index (Phi) is 15.1. The van der Waals surface area contributed by atoms with Gasteiger partial charge in [0, 0.05) is 45.1 Å². The lowest BCUT2D eigenvalue weighted by Gasteiger charge is -2.27. The van der Waals surface area contributed by atoms with Crippen LogP contribution in [0, 0.1) is 13.8 Å². The molecular weight excluding hydrogens is 610 g/mol. The number of aliphatic hydroxyl groups is 1. The quantitative estimate of drug-likeness (QED) is 0.117. The summed E-state index contributed by atoms with van der Waals surface area (Å²) in [5.41, 5.74) is 14.3. The number of hydrogen-bond donors (Lipinski definition) is 6. The summed E-state index contributed by atoms with van der Waals surface area (Å²) in [6, 6.07) is 8.02. The molecule has 0 bridgehead atoms. The lowest BCUT2D eigenvalue weighted by Crippen LogP contribution is -2.57. The third-order valence-electron chi connectivity index (χ3n) is 7.35. The molecule has 4 atom stereocenters. The minimum atomic E-state index is -1.39. The SMILES string of the molecule is [2H]Cc1cc(O)cc(C[2H])c1C[C@H](N)C(=O)N(CC(=O)N[C@@H](Cc1ccccc1)C(=O)NCCCCCCO)C(=O)[C@H](N)CCS(C)=O. The Morgan fingerprint density at radius 2 is 1.59 bits per heavy atom. The number of carbonyl (C=O) groups is 4. The fourth-order valence-electron chi connectivity index (χ4n) is 4.80. The molecule has 0 heterocycles. The number of phenolic OH excluding ortho intramolecular Hbond substituents is 1. The van der Waals surface area contributed by atoms with Crippen LogP contribution in [0.25, 0.3) is 0 Å². The average Bonchev–Trinajstić information content (AvgIpc) is 3.07. The van der Waals surface area contributed by atoms with Crippen LogP contribution >= 0.6 is 0 Å². The highest BCUT2D eigenvalue weighted by molar-refractivity contribution is 7.84. The average molecular weight is 662 g/mol. The number of unbranched alkanes of at least 4 members (excludes halogenated alkanes) is 3. The fourth-order valence-corrected chi connectivity index (χ4v) is 5.38. The van der Waals surface area contributed by atoms with E-state index < -0.39 is 59.1 Å². The van der Waals surface area contributed by atoms with Gasteiger partial charge in [-0.15, -0.1) is 0 Å². The van der Waals surface area contributed by atoms with Gasteiger partial charge in [-0.2, -0.15) is 0 Å². The molecule has 2 aromatic rings. The molecule has 1 unspecified atom stereocenters. The number of nitrogens with two attached hydrogens (primary N) is 2. The number of imide groups is 1. The van der Waals surface area contributed by atoms with E-state index in [2.05, 4.69) is 10.6 Å². The van der Waals surface area contributed by atoms with Gasteiger partial charge in [-0.25, -0.2) is 0 Å². The fraction of sp³-hybridized carbons (Fsp3) is 0.515. The third-order valence-corrected chi connectivity index (χ3v) is 8.16. The van der Waals surface area contributed by atoms with E-state index in [4.69, 9.17) is 19.3 Å². The molecule has 254 valence electrons. The molecule has 0 spiro atoms. The zero-order chi connectivity index (χ0) is 35.6. The van der Waals surface area contributed by atoms with Gasteiger partial charge in [0.15, 0.2) is 0 Å². The number of rotatable bonds is 19. The molecule has 0 aliphatic heterocycles. The summed E-state index contributed by atoms with van der Waals surface area (Å²) >= 11 is 0. The molecule has 0 aliphatic carbocycles. The number of nitrogens with one attached hydrogen (secondary N) is 2. The standard InChI is InChI=1S/C33H49N5O7S/c1-22-17-25(40)18-23(2)26(22)20-28(35)33(44)38(32(43)27(34)13-16-46(3)45)21-30(41)37-29(19-24-11-7-6-8-12-24)31(42)36-14-9-4-5-10-15-39/h6-8,11-12,17-18,27-29,39-40H,4-5,9-10,13-16,19-21,34-35H2,1-3H3,(H,36,42)(H,37,41)/t27-,28+,29+,46?/m1/s1/i1D,2D. The van der Waals surface area contributed by atoms with Crippen molar-refractivity contribution in [2.75, 3.05) is 31.7 Å². The van der Waals surface area contributed by atoms with Gasteiger partial charge in [0.2, 0.25) is 23.6 Å². The van der Waals surface area contributed by atoms with E-state index in [1.807, 2.05) is 6.07 Å². The Balaban J connectivity index is 2.30. The van der Waals surface area contributed by atoms with Crippen molar-refractivity contribution in [2.45, 2.75) is 76.9 Å². The summed E-state index contributed by atoms with van der Waals surface area (Å²) in [5.74, 6) is -3.15. The summed E-state index contributed by atoms with van der Waals surface area (Å²) in [6.07, 6.45) is 4.35. The van der Waals surface area contributed by atoms with E-state index in [1.54, 1.807) is 24.3 Å². The number of amides is 4. The van der Waals surface area contributed by atoms with Crippen LogP contribution in [0.3, 0.4) is 0 Å². The Labute approximate surface area is 276 Å². The third kappa shape index (κ3) is 13.0. The van der Waals surface area contributed by atoms with Gasteiger partial charge in [0.05, 0.1) is 12.1 Å². The van der Waals surface area contributed by atoms with Crippen LogP contribution in [0.1, 0.15) is 57.1 Å². The molecule has 46 heavy (non-hydrogen) atoms. The number of aliphatic hydroxyl groups excluding tert-OH is 1. The summed E-state index contributed by atoms with van der Waals surface area (Å²) < 4.78 is 27.4. The molecule has 0 fully saturated rings. The predicted molar refractivity (Wildman–Crippen MR) is 178 cm³/mol. The highest BCUT2D eigenvalue weighted by Crippen LogP contribution is 2.22. The molecule has 12 nitrogen and oxygen atoms in total. The number of phenols is 1. The number of benzene rings is 2. The van der Waals surface area contributed by atoms with Crippen molar-refractivity contribution in [1.82, 2.24) is 15.5 Å². The highest BCUT2D eigenvalue weighted by Gasteiger charge is 2.33. The van der Waals surface area contributed by atoms with Gasteiger partial charge in [-0.05, 0) is 73.9 Å². The van der Waals surface area contributed by atoms with E-state index in [9.17, 15) is 28.5 Å². The minimum absolute atomic E-state index is 0.0239. The van der Waals surface area contributed by atoms with Crippen LogP contribution in [-0.4, -0.2) is 92.8 Å². The second-order valence-electron chi connectivity index (χ2n) is 11.2. The zero-order valence-corrected chi connectivity index (χ0v) is 27.2. The topological polar surface area (TPSA) is 205 Å². The van der Waals surface area contributed by atoms with E-state index in [0.29, 0.717) is 41.0 Å². The second-order valence-corrected chi connectivity index (χ2v) is 12.8. The predicted octanol–water partition coefficient (Wildman–Crippen LogP) is 0.726. The van der Waals surface area contributed by atoms with Crippen LogP contribution in [0.5, 0.6) is 5.75 Å². The smallest absolute Gasteiger partial charge is 0.246 e. The lowest BCUT2D eigenvalue weighted by molar-refractivity contribution is -0.149. The number of nitrogens with zero attached hydrogens (tertiary/aromatic N) is 1. The van der Waals surface area contributed by atoms with Crippen molar-refractivity contribution in [1.29, 1.82) is 0 Å². The molecule has 0 saturated carbocycles. The summed E-state index contributed by atoms with van der Waals surface area (Å²) in [6.45, 7) is -0.845. The van der Waals surface area contributed by atoms with Crippen molar-refractivity contribution in [3.63, 3.8) is 0 Å². The Bertz CT molecular complexity index is 1360. The number of aromatic hydroxyl groups is 1. The Hall–Kier alpha value is -3.65. The van der Waals surface area contributed by atoms with Gasteiger partial charge in [0.1, 0.15) is 18.3 Å². The van der Waals surface area contributed by atoms with Gasteiger partial charge in [0.25, 0.3) is 0 Å². The van der Waals surface area contributed by atoms with Crippen LogP contribution in [0.15, 0.2) is 42.5 Å². The number of carbonyl (C=O) groups excluding carboxylic acids is 4. The second kappa shape index (κ2) is 19.8. The van der Waals surface area contributed by atoms with E-state index in [1.165, 1.54) is 18.4 Å². The summed E-state index contributed by atoms with van der Waals surface area (Å²) in [4.78, 5) is 54.5. The van der Waals surface area contributed by atoms with Crippen LogP contribution in [-0.2, 0) is 42.8 Å². The molecular formula is C33H49N5O7S. The van der Waals surface area contributed by atoms with Crippen molar-refractivity contribution in [3.05, 3.63) is 64.7 Å². The van der Waals surface area contributed by atoms with E-state index in [-0.39, 0.29) is 51.2 Å². The van der Waals surface area contributed by atoms with E-state index in [0.717, 1.165) is 18.4 Å². The van der Waals surface area contributed by atoms with Gasteiger partial charge < -0.3 is 32.3 Å². The molecule has 0 aromatic heterocycles. The van der Waals surface area contributed by atoms with Crippen molar-refractivity contribution < 1.29 is 36.3 Å². The summed E-state index contributed by atoms with van der Waals surface area (Å²) in [7, 11) is -1.27. The highest BCUT2D eigenvalue weighted by atomic mass is 32.2. The first-order chi connectivity index (χ1) is 22.9. The monoisotopic (exact) mass is 661 g/mol. The normalized spacial score (nSPS) is 14.3. The molecule has 13 heteroatoms. The molecule has 8 N–H and O–H groups in total. The first-order valence-corrected chi connectivity index (χ1v) is 16.9. The zero-order valence-electron chi connectivity index (χ0n) is 28.4. The maximum Gasteiger partial charge on any atom is 0.246 e. The number of aryl methyl sites for hydroxylation is 2. The van der Waals surface area contributed by atoms with Gasteiger partial charge in [-0.3, -0.25) is 28.3 Å². The molecule has 2 rings (SSSR count). The van der Waals surface area contributed by atoms with Gasteiger partial charge >= 0.3 is 0 Å². The molecule has 4 amide bonds. The minimum Gasteiger partial charge on any atom is -0.508 e. The first kappa shape index (κ1) is 35.2. The maximum absolute atomic E-state index is 13.7. The Morgan fingerprint density at radius 1 is 0.957 bits per heavy atom. The van der Waals surface area contributed by atoms with Crippen LogP contribution in [0.2, 0.25) is 0 Å². The van der Waals surface area contributed by atoms with Crippen molar-refractivity contribution in [2.24, 2.45) is 11.5 Å². The number of hydrogen-bond acceptors (Lipinski definition) is 9.